The van der Waals surface area contributed by atoms with Crippen molar-refractivity contribution in [3.8, 4) is 0 Å². The van der Waals surface area contributed by atoms with Gasteiger partial charge in [-0.15, -0.1) is 0 Å². The van der Waals surface area contributed by atoms with Gasteiger partial charge in [-0.2, -0.15) is 0 Å². The molecule has 0 aliphatic heterocycles. The molecule has 0 fully saturated rings. The van der Waals surface area contributed by atoms with Crippen LogP contribution in [0.2, 0.25) is 0 Å². The van der Waals surface area contributed by atoms with Gasteiger partial charge in [0.25, 0.3) is 0 Å². The highest BCUT2D eigenvalue weighted by Gasteiger charge is 2.45. The van der Waals surface area contributed by atoms with Gasteiger partial charge in [0.05, 0.1) is 0 Å². The fourth-order valence-electron chi connectivity index (χ4n) is 1.43. The van der Waals surface area contributed by atoms with Crippen molar-refractivity contribution in [3.63, 3.8) is 0 Å². The SMILES string of the molecule is CO[Si](OC)(OC(C)S(C)(=O)=O)c1ccccc1. The van der Waals surface area contributed by atoms with E-state index in [0.717, 1.165) is 11.4 Å². The first-order chi connectivity index (χ1) is 8.35. The van der Waals surface area contributed by atoms with Crippen molar-refractivity contribution in [2.75, 3.05) is 20.5 Å². The Bertz CT molecular complexity index is 469. The number of benzene rings is 1. The summed E-state index contributed by atoms with van der Waals surface area (Å²) in [5.74, 6) is 0. The Balaban J connectivity index is 3.10. The minimum absolute atomic E-state index is 0.727. The third kappa shape index (κ3) is 3.39. The molecule has 0 aromatic heterocycles. The molecule has 1 rings (SSSR count). The predicted molar refractivity (Wildman–Crippen MR) is 71.2 cm³/mol. The molecule has 0 aliphatic rings. The molecule has 0 radical (unpaired) electrons. The van der Waals surface area contributed by atoms with E-state index in [2.05, 4.69) is 0 Å². The van der Waals surface area contributed by atoms with Gasteiger partial charge in [0.2, 0.25) is 0 Å². The van der Waals surface area contributed by atoms with Crippen LogP contribution in [0.5, 0.6) is 0 Å². The van der Waals surface area contributed by atoms with Gasteiger partial charge in [-0.1, -0.05) is 30.3 Å². The molecule has 1 aromatic rings. The zero-order valence-corrected chi connectivity index (χ0v) is 12.7. The van der Waals surface area contributed by atoms with Gasteiger partial charge in [-0.05, 0) is 6.92 Å². The van der Waals surface area contributed by atoms with Crippen molar-refractivity contribution in [1.29, 1.82) is 0 Å². The van der Waals surface area contributed by atoms with Gasteiger partial charge in [0.1, 0.15) is 5.44 Å². The van der Waals surface area contributed by atoms with Gasteiger partial charge in [-0.3, -0.25) is 0 Å². The molecule has 102 valence electrons. The molecule has 0 amide bonds. The molecule has 0 saturated carbocycles. The van der Waals surface area contributed by atoms with Crippen LogP contribution in [0.3, 0.4) is 0 Å². The van der Waals surface area contributed by atoms with Crippen LogP contribution in [0.15, 0.2) is 30.3 Å². The van der Waals surface area contributed by atoms with Crippen LogP contribution >= 0.6 is 0 Å². The maximum atomic E-state index is 11.5. The van der Waals surface area contributed by atoms with E-state index in [1.165, 1.54) is 21.1 Å². The number of hydrogen-bond acceptors (Lipinski definition) is 5. The smallest absolute Gasteiger partial charge is 0.373 e. The van der Waals surface area contributed by atoms with E-state index in [9.17, 15) is 8.42 Å². The monoisotopic (exact) mass is 290 g/mol. The molecule has 1 aromatic carbocycles. The Morgan fingerprint density at radius 1 is 1.11 bits per heavy atom. The average Bonchev–Trinajstić information content (AvgIpc) is 2.35. The van der Waals surface area contributed by atoms with Gasteiger partial charge in [0, 0.05) is 25.7 Å². The summed E-state index contributed by atoms with van der Waals surface area (Å²) in [4.78, 5) is 0. The molecular weight excluding hydrogens is 272 g/mol. The topological polar surface area (TPSA) is 61.8 Å². The number of rotatable bonds is 6. The molecule has 5 nitrogen and oxygen atoms in total. The zero-order chi connectivity index (χ0) is 13.8. The average molecular weight is 290 g/mol. The van der Waals surface area contributed by atoms with Gasteiger partial charge in [0.15, 0.2) is 9.84 Å². The van der Waals surface area contributed by atoms with Crippen molar-refractivity contribution in [3.05, 3.63) is 30.3 Å². The van der Waals surface area contributed by atoms with E-state index in [0.29, 0.717) is 0 Å². The van der Waals surface area contributed by atoms with Crippen LogP contribution in [-0.4, -0.2) is 43.1 Å². The summed E-state index contributed by atoms with van der Waals surface area (Å²) in [5.41, 5.74) is -0.982. The first kappa shape index (κ1) is 15.3. The minimum Gasteiger partial charge on any atom is -0.373 e. The fourth-order valence-corrected chi connectivity index (χ4v) is 4.51. The van der Waals surface area contributed by atoms with E-state index in [1.54, 1.807) is 12.1 Å². The normalized spacial score (nSPS) is 14.4. The molecule has 1 unspecified atom stereocenters. The third-order valence-electron chi connectivity index (χ3n) is 2.59. The van der Waals surface area contributed by atoms with Gasteiger partial charge >= 0.3 is 8.80 Å². The van der Waals surface area contributed by atoms with Crippen LogP contribution in [0.4, 0.5) is 0 Å². The Labute approximate surface area is 109 Å². The highest BCUT2D eigenvalue weighted by molar-refractivity contribution is 7.91. The number of sulfone groups is 1. The lowest BCUT2D eigenvalue weighted by molar-refractivity contribution is 0.105. The quantitative estimate of drug-likeness (QED) is 0.715. The molecular formula is C11H18O5SSi. The summed E-state index contributed by atoms with van der Waals surface area (Å²) in [6.45, 7) is 1.47. The predicted octanol–water partition coefficient (Wildman–Crippen LogP) is 0.532. The molecule has 0 heterocycles. The zero-order valence-electron chi connectivity index (χ0n) is 10.9. The van der Waals surface area contributed by atoms with E-state index < -0.39 is 24.1 Å². The third-order valence-corrected chi connectivity index (χ3v) is 6.84. The van der Waals surface area contributed by atoms with E-state index in [1.807, 2.05) is 18.2 Å². The van der Waals surface area contributed by atoms with Crippen LogP contribution in [0.25, 0.3) is 0 Å². The summed E-state index contributed by atoms with van der Waals surface area (Å²) in [5, 5.41) is 0.727. The summed E-state index contributed by atoms with van der Waals surface area (Å²) in [7, 11) is -3.57. The first-order valence-corrected chi connectivity index (χ1v) is 9.06. The fraction of sp³-hybridized carbons (Fsp3) is 0.455. The second kappa shape index (κ2) is 5.94. The maximum absolute atomic E-state index is 11.5. The molecule has 0 N–H and O–H groups in total. The van der Waals surface area contributed by atoms with Crippen molar-refractivity contribution in [1.82, 2.24) is 0 Å². The Kier molecular flexibility index (Phi) is 5.06. The summed E-state index contributed by atoms with van der Waals surface area (Å²) in [6.07, 6.45) is 1.12. The highest BCUT2D eigenvalue weighted by Crippen LogP contribution is 2.14. The van der Waals surface area contributed by atoms with Crippen LogP contribution in [0, 0.1) is 0 Å². The Morgan fingerprint density at radius 2 is 1.61 bits per heavy atom. The standard InChI is InChI=1S/C11H18O5SSi/c1-10(17(4,12)13)16-18(14-2,15-3)11-8-6-5-7-9-11/h5-10H,1-4H3. The first-order valence-electron chi connectivity index (χ1n) is 5.38. The number of hydrogen-bond donors (Lipinski definition) is 0. The summed E-state index contributed by atoms with van der Waals surface area (Å²) in [6, 6.07) is 9.10. The largest absolute Gasteiger partial charge is 0.537 e. The molecule has 7 heteroatoms. The minimum atomic E-state index is -3.31. The van der Waals surface area contributed by atoms with Crippen molar-refractivity contribution in [2.45, 2.75) is 12.4 Å². The maximum Gasteiger partial charge on any atom is 0.537 e. The second-order valence-corrected chi connectivity index (χ2v) is 8.91. The lowest BCUT2D eigenvalue weighted by Crippen LogP contribution is -2.57. The molecule has 0 saturated heterocycles. The van der Waals surface area contributed by atoms with Crippen LogP contribution in [-0.2, 0) is 23.1 Å². The highest BCUT2D eigenvalue weighted by atomic mass is 32.2. The lowest BCUT2D eigenvalue weighted by atomic mass is 10.4. The van der Waals surface area contributed by atoms with Crippen LogP contribution < -0.4 is 5.19 Å². The van der Waals surface area contributed by atoms with E-state index >= 15 is 0 Å². The van der Waals surface area contributed by atoms with Gasteiger partial charge < -0.3 is 13.3 Å². The summed E-state index contributed by atoms with van der Waals surface area (Å²) < 4.78 is 39.2. The van der Waals surface area contributed by atoms with Crippen molar-refractivity contribution in [2.24, 2.45) is 0 Å². The lowest BCUT2D eigenvalue weighted by Gasteiger charge is -2.29. The van der Waals surface area contributed by atoms with E-state index in [4.69, 9.17) is 13.3 Å². The van der Waals surface area contributed by atoms with Crippen molar-refractivity contribution < 1.29 is 21.7 Å². The molecule has 0 bridgehead atoms. The second-order valence-electron chi connectivity index (χ2n) is 3.85. The molecule has 1 atom stereocenters. The Morgan fingerprint density at radius 3 is 2.00 bits per heavy atom. The van der Waals surface area contributed by atoms with Gasteiger partial charge in [-0.25, -0.2) is 8.42 Å². The Hall–Kier alpha value is -0.733. The molecule has 0 spiro atoms. The summed E-state index contributed by atoms with van der Waals surface area (Å²) >= 11 is 0. The molecule has 0 aliphatic carbocycles. The van der Waals surface area contributed by atoms with Crippen LogP contribution in [0.1, 0.15) is 6.92 Å². The van der Waals surface area contributed by atoms with Crippen molar-refractivity contribution >= 4 is 23.8 Å². The molecule has 18 heavy (non-hydrogen) atoms. The van der Waals surface area contributed by atoms with E-state index in [-0.39, 0.29) is 0 Å².